The quantitative estimate of drug-likeness (QED) is 0.857. The number of nitrogens with one attached hydrogen (secondary N) is 1. The lowest BCUT2D eigenvalue weighted by molar-refractivity contribution is -0.0718. The molecule has 0 bridgehead atoms. The molecule has 22 heavy (non-hydrogen) atoms. The van der Waals surface area contributed by atoms with Gasteiger partial charge in [0.15, 0.2) is 6.39 Å². The average Bonchev–Trinajstić information content (AvgIpc) is 3.19. The number of morpholine rings is 1. The van der Waals surface area contributed by atoms with E-state index in [-0.39, 0.29) is 12.1 Å². The summed E-state index contributed by atoms with van der Waals surface area (Å²) in [5.41, 5.74) is 2.09. The maximum Gasteiger partial charge on any atom is 0.180 e. The van der Waals surface area contributed by atoms with E-state index in [0.717, 1.165) is 31.9 Å². The Balaban J connectivity index is 1.68. The molecule has 2 aromatic rings. The maximum atomic E-state index is 6.03. The maximum absolute atomic E-state index is 6.03. The molecule has 0 aromatic carbocycles. The van der Waals surface area contributed by atoms with Gasteiger partial charge in [0.25, 0.3) is 0 Å². The third kappa shape index (κ3) is 3.21. The number of rotatable bonds is 6. The molecule has 7 heteroatoms. The van der Waals surface area contributed by atoms with Gasteiger partial charge in [-0.25, -0.2) is 4.98 Å². The number of ether oxygens (including phenoxy) is 1. The van der Waals surface area contributed by atoms with Gasteiger partial charge in [0, 0.05) is 32.9 Å². The molecule has 2 atom stereocenters. The molecule has 1 aliphatic rings. The van der Waals surface area contributed by atoms with E-state index in [1.807, 2.05) is 17.9 Å². The minimum absolute atomic E-state index is 0.0935. The van der Waals surface area contributed by atoms with Gasteiger partial charge in [0.1, 0.15) is 6.26 Å². The Hall–Kier alpha value is -1.70. The second-order valence-corrected chi connectivity index (χ2v) is 5.47. The average molecular weight is 305 g/mol. The fraction of sp³-hybridized carbons (Fsp3) is 0.600. The number of oxazole rings is 1. The summed E-state index contributed by atoms with van der Waals surface area (Å²) in [6.45, 7) is 6.35. The van der Waals surface area contributed by atoms with Crippen LogP contribution in [0.4, 0.5) is 0 Å². The minimum atomic E-state index is 0.0935. The SMILES string of the molecule is CCN1CCO[C@@H](CNCc2cocn2)[C@@H]1c1ccnn1C. The summed E-state index contributed by atoms with van der Waals surface area (Å²) in [5, 5.41) is 7.72. The first-order chi connectivity index (χ1) is 10.8. The summed E-state index contributed by atoms with van der Waals surface area (Å²) in [6.07, 6.45) is 5.05. The molecule has 120 valence electrons. The van der Waals surface area contributed by atoms with Crippen molar-refractivity contribution in [1.29, 1.82) is 0 Å². The summed E-state index contributed by atoms with van der Waals surface area (Å²) in [7, 11) is 1.98. The molecule has 1 saturated heterocycles. The number of likely N-dealkylation sites (N-methyl/N-ethyl adjacent to an activating group) is 1. The predicted octanol–water partition coefficient (Wildman–Crippen LogP) is 0.960. The molecule has 2 aromatic heterocycles. The van der Waals surface area contributed by atoms with Crippen LogP contribution >= 0.6 is 0 Å². The first-order valence-corrected chi connectivity index (χ1v) is 7.71. The van der Waals surface area contributed by atoms with Crippen LogP contribution in [0.2, 0.25) is 0 Å². The van der Waals surface area contributed by atoms with Crippen LogP contribution in [0.25, 0.3) is 0 Å². The molecule has 3 rings (SSSR count). The minimum Gasteiger partial charge on any atom is -0.451 e. The number of aromatic nitrogens is 3. The lowest BCUT2D eigenvalue weighted by Gasteiger charge is -2.40. The zero-order valence-corrected chi connectivity index (χ0v) is 13.1. The van der Waals surface area contributed by atoms with Gasteiger partial charge in [-0.3, -0.25) is 9.58 Å². The Labute approximate surface area is 130 Å². The zero-order chi connectivity index (χ0) is 15.4. The normalized spacial score (nSPS) is 23.0. The predicted molar refractivity (Wildman–Crippen MR) is 81.1 cm³/mol. The van der Waals surface area contributed by atoms with E-state index in [1.165, 1.54) is 12.1 Å². The molecule has 1 N–H and O–H groups in total. The Morgan fingerprint density at radius 1 is 1.45 bits per heavy atom. The van der Waals surface area contributed by atoms with Crippen molar-refractivity contribution in [2.45, 2.75) is 25.6 Å². The molecule has 0 unspecified atom stereocenters. The van der Waals surface area contributed by atoms with Gasteiger partial charge in [-0.15, -0.1) is 0 Å². The van der Waals surface area contributed by atoms with E-state index in [1.54, 1.807) is 6.26 Å². The van der Waals surface area contributed by atoms with Crippen molar-refractivity contribution >= 4 is 0 Å². The van der Waals surface area contributed by atoms with Crippen LogP contribution < -0.4 is 5.32 Å². The van der Waals surface area contributed by atoms with Crippen molar-refractivity contribution in [3.8, 4) is 0 Å². The first kappa shape index (κ1) is 15.2. The second-order valence-electron chi connectivity index (χ2n) is 5.47. The van der Waals surface area contributed by atoms with Crippen molar-refractivity contribution in [2.75, 3.05) is 26.2 Å². The van der Waals surface area contributed by atoms with E-state index < -0.39 is 0 Å². The first-order valence-electron chi connectivity index (χ1n) is 7.71. The van der Waals surface area contributed by atoms with Crippen molar-refractivity contribution in [2.24, 2.45) is 7.05 Å². The van der Waals surface area contributed by atoms with Crippen LogP contribution in [0, 0.1) is 0 Å². The van der Waals surface area contributed by atoms with Crippen LogP contribution in [-0.2, 0) is 18.3 Å². The van der Waals surface area contributed by atoms with E-state index in [2.05, 4.69) is 33.3 Å². The largest absolute Gasteiger partial charge is 0.451 e. The molecule has 1 aliphatic heterocycles. The monoisotopic (exact) mass is 305 g/mol. The van der Waals surface area contributed by atoms with E-state index >= 15 is 0 Å². The van der Waals surface area contributed by atoms with E-state index in [4.69, 9.17) is 9.15 Å². The van der Waals surface area contributed by atoms with Crippen LogP contribution in [0.1, 0.15) is 24.4 Å². The third-order valence-electron chi connectivity index (χ3n) is 4.16. The zero-order valence-electron chi connectivity index (χ0n) is 13.1. The van der Waals surface area contributed by atoms with Crippen LogP contribution in [-0.4, -0.2) is 52.0 Å². The van der Waals surface area contributed by atoms with Gasteiger partial charge in [-0.05, 0) is 12.6 Å². The second kappa shape index (κ2) is 7.04. The van der Waals surface area contributed by atoms with Gasteiger partial charge in [-0.1, -0.05) is 6.92 Å². The summed E-state index contributed by atoms with van der Waals surface area (Å²) < 4.78 is 13.0. The fourth-order valence-corrected chi connectivity index (χ4v) is 3.03. The van der Waals surface area contributed by atoms with E-state index in [0.29, 0.717) is 6.54 Å². The Morgan fingerprint density at radius 3 is 3.05 bits per heavy atom. The highest BCUT2D eigenvalue weighted by atomic mass is 16.5. The summed E-state index contributed by atoms with van der Waals surface area (Å²) >= 11 is 0. The van der Waals surface area contributed by atoms with Gasteiger partial charge < -0.3 is 14.5 Å². The van der Waals surface area contributed by atoms with Gasteiger partial charge in [0.2, 0.25) is 0 Å². The van der Waals surface area contributed by atoms with Crippen LogP contribution in [0.5, 0.6) is 0 Å². The van der Waals surface area contributed by atoms with Gasteiger partial charge >= 0.3 is 0 Å². The van der Waals surface area contributed by atoms with Crippen LogP contribution in [0.3, 0.4) is 0 Å². The van der Waals surface area contributed by atoms with Crippen molar-refractivity contribution in [1.82, 2.24) is 25.0 Å². The summed E-state index contributed by atoms with van der Waals surface area (Å²) in [4.78, 5) is 6.57. The fourth-order valence-electron chi connectivity index (χ4n) is 3.03. The van der Waals surface area contributed by atoms with Crippen molar-refractivity contribution in [3.05, 3.63) is 36.3 Å². The number of hydrogen-bond donors (Lipinski definition) is 1. The smallest absolute Gasteiger partial charge is 0.180 e. The molecule has 0 amide bonds. The lowest BCUT2D eigenvalue weighted by Crippen LogP contribution is -2.49. The topological polar surface area (TPSA) is 68.3 Å². The molecular weight excluding hydrogens is 282 g/mol. The highest BCUT2D eigenvalue weighted by molar-refractivity contribution is 5.11. The Kier molecular flexibility index (Phi) is 4.87. The molecule has 0 radical (unpaired) electrons. The summed E-state index contributed by atoms with van der Waals surface area (Å²) in [5.74, 6) is 0. The van der Waals surface area contributed by atoms with Crippen molar-refractivity contribution in [3.63, 3.8) is 0 Å². The highest BCUT2D eigenvalue weighted by Crippen LogP contribution is 2.28. The van der Waals surface area contributed by atoms with Gasteiger partial charge in [0.05, 0.1) is 30.1 Å². The lowest BCUT2D eigenvalue weighted by atomic mass is 10.0. The molecular formula is C15H23N5O2. The molecule has 1 fully saturated rings. The number of aryl methyl sites for hydroxylation is 1. The van der Waals surface area contributed by atoms with Gasteiger partial charge in [-0.2, -0.15) is 5.10 Å². The highest BCUT2D eigenvalue weighted by Gasteiger charge is 2.34. The standard InChI is InChI=1S/C15H23N5O2/c1-3-20-6-7-22-14(9-16-8-12-10-21-11-17-12)15(20)13-4-5-18-19(13)2/h4-5,10-11,14-16H,3,6-9H2,1-2H3/t14-,15-/m0/s1. The van der Waals surface area contributed by atoms with Crippen molar-refractivity contribution < 1.29 is 9.15 Å². The molecule has 7 nitrogen and oxygen atoms in total. The number of hydrogen-bond acceptors (Lipinski definition) is 6. The third-order valence-corrected chi connectivity index (χ3v) is 4.16. The molecule has 0 aliphatic carbocycles. The van der Waals surface area contributed by atoms with Crippen LogP contribution in [0.15, 0.2) is 29.3 Å². The number of nitrogens with zero attached hydrogens (tertiary/aromatic N) is 4. The molecule has 0 spiro atoms. The molecule has 3 heterocycles. The Morgan fingerprint density at radius 2 is 2.36 bits per heavy atom. The summed E-state index contributed by atoms with van der Waals surface area (Å²) in [6, 6.07) is 2.29. The Bertz CT molecular complexity index is 568. The molecule has 0 saturated carbocycles. The van der Waals surface area contributed by atoms with E-state index in [9.17, 15) is 0 Å².